The first kappa shape index (κ1) is 15.0. The maximum absolute atomic E-state index is 3.71. The Bertz CT molecular complexity index is 399. The molecule has 2 atom stereocenters. The number of rotatable bonds is 5. The molecule has 2 rings (SSSR count). The molecule has 0 aromatic carbocycles. The molecule has 1 fully saturated rings. The number of hydrogen-bond acceptors (Lipinski definition) is 3. The van der Waals surface area contributed by atoms with Crippen LogP contribution in [0, 0.1) is 12.8 Å². The molecule has 0 radical (unpaired) electrons. The van der Waals surface area contributed by atoms with Crippen LogP contribution in [0.3, 0.4) is 0 Å². The molecule has 108 valence electrons. The summed E-state index contributed by atoms with van der Waals surface area (Å²) in [6.07, 6.45) is 5.44. The highest BCUT2D eigenvalue weighted by molar-refractivity contribution is 7.10. The van der Waals surface area contributed by atoms with E-state index >= 15 is 0 Å². The van der Waals surface area contributed by atoms with Gasteiger partial charge in [-0.2, -0.15) is 0 Å². The third-order valence-corrected chi connectivity index (χ3v) is 5.75. The van der Waals surface area contributed by atoms with E-state index in [2.05, 4.69) is 49.6 Å². The van der Waals surface area contributed by atoms with Crippen LogP contribution in [0.4, 0.5) is 0 Å². The van der Waals surface area contributed by atoms with Crippen molar-refractivity contribution in [3.8, 4) is 0 Å². The third kappa shape index (κ3) is 3.59. The van der Waals surface area contributed by atoms with Crippen LogP contribution in [0.5, 0.6) is 0 Å². The quantitative estimate of drug-likeness (QED) is 0.885. The first-order valence-corrected chi connectivity index (χ1v) is 8.32. The Balaban J connectivity index is 1.92. The molecule has 1 aromatic heterocycles. The highest BCUT2D eigenvalue weighted by Crippen LogP contribution is 2.35. The zero-order valence-corrected chi connectivity index (χ0v) is 13.6. The van der Waals surface area contributed by atoms with E-state index in [0.717, 1.165) is 19.0 Å². The Labute approximate surface area is 122 Å². The minimum absolute atomic E-state index is 0.364. The topological polar surface area (TPSA) is 15.3 Å². The normalized spacial score (nSPS) is 27.9. The molecule has 1 heterocycles. The predicted octanol–water partition coefficient (Wildman–Crippen LogP) is 3.66. The van der Waals surface area contributed by atoms with E-state index < -0.39 is 0 Å². The van der Waals surface area contributed by atoms with Crippen LogP contribution in [-0.4, -0.2) is 31.1 Å². The molecule has 2 nitrogen and oxygen atoms in total. The lowest BCUT2D eigenvalue weighted by molar-refractivity contribution is 0.0750. The first-order valence-electron chi connectivity index (χ1n) is 7.45. The van der Waals surface area contributed by atoms with Gasteiger partial charge in [-0.15, -0.1) is 11.3 Å². The number of nitrogens with one attached hydrogen (secondary N) is 1. The van der Waals surface area contributed by atoms with Crippen LogP contribution >= 0.6 is 11.3 Å². The standard InChI is InChI=1S/C16H28N2S/c1-13-6-5-8-16(10-13,18(3)4)12-17-11-15-14(2)7-9-19-15/h7,9,13,17H,5-6,8,10-12H2,1-4H3. The molecule has 0 saturated heterocycles. The van der Waals surface area contributed by atoms with E-state index in [9.17, 15) is 0 Å². The Hall–Kier alpha value is -0.380. The van der Waals surface area contributed by atoms with Gasteiger partial charge in [0.25, 0.3) is 0 Å². The van der Waals surface area contributed by atoms with Crippen LogP contribution in [0.2, 0.25) is 0 Å². The SMILES string of the molecule is Cc1ccsc1CNCC1(N(C)C)CCCC(C)C1. The molecule has 1 aliphatic carbocycles. The molecular formula is C16H28N2S. The average Bonchev–Trinajstić information content (AvgIpc) is 2.75. The van der Waals surface area contributed by atoms with E-state index in [1.54, 1.807) is 0 Å². The molecule has 1 aliphatic rings. The van der Waals surface area contributed by atoms with Crippen molar-refractivity contribution in [2.45, 2.75) is 51.6 Å². The minimum Gasteiger partial charge on any atom is -0.310 e. The first-order chi connectivity index (χ1) is 9.03. The number of aryl methyl sites for hydroxylation is 1. The van der Waals surface area contributed by atoms with Gasteiger partial charge < -0.3 is 10.2 Å². The summed E-state index contributed by atoms with van der Waals surface area (Å²) in [5, 5.41) is 5.90. The highest BCUT2D eigenvalue weighted by atomic mass is 32.1. The lowest BCUT2D eigenvalue weighted by atomic mass is 9.75. The molecule has 1 saturated carbocycles. The summed E-state index contributed by atoms with van der Waals surface area (Å²) < 4.78 is 0. The molecule has 0 bridgehead atoms. The van der Waals surface area contributed by atoms with E-state index in [-0.39, 0.29) is 0 Å². The minimum atomic E-state index is 0.364. The lowest BCUT2D eigenvalue weighted by Crippen LogP contribution is -2.54. The fraction of sp³-hybridized carbons (Fsp3) is 0.750. The average molecular weight is 280 g/mol. The van der Waals surface area contributed by atoms with Crippen molar-refractivity contribution >= 4 is 11.3 Å². The molecule has 1 aromatic rings. The summed E-state index contributed by atoms with van der Waals surface area (Å²) >= 11 is 1.87. The van der Waals surface area contributed by atoms with Crippen molar-refractivity contribution in [1.82, 2.24) is 10.2 Å². The summed E-state index contributed by atoms with van der Waals surface area (Å²) in [7, 11) is 4.49. The van der Waals surface area contributed by atoms with E-state index in [1.165, 1.54) is 36.1 Å². The lowest BCUT2D eigenvalue weighted by Gasteiger charge is -2.45. The van der Waals surface area contributed by atoms with Gasteiger partial charge in [0.2, 0.25) is 0 Å². The van der Waals surface area contributed by atoms with Crippen LogP contribution < -0.4 is 5.32 Å². The zero-order valence-electron chi connectivity index (χ0n) is 12.8. The molecule has 3 heteroatoms. The van der Waals surface area contributed by atoms with Gasteiger partial charge >= 0.3 is 0 Å². The zero-order chi connectivity index (χ0) is 13.9. The summed E-state index contributed by atoms with van der Waals surface area (Å²) in [4.78, 5) is 3.94. The van der Waals surface area contributed by atoms with Gasteiger partial charge in [-0.3, -0.25) is 0 Å². The van der Waals surface area contributed by atoms with Crippen LogP contribution in [0.15, 0.2) is 11.4 Å². The molecule has 0 amide bonds. The fourth-order valence-corrected chi connectivity index (χ4v) is 4.23. The van der Waals surface area contributed by atoms with Crippen LogP contribution in [0.25, 0.3) is 0 Å². The predicted molar refractivity (Wildman–Crippen MR) is 84.8 cm³/mol. The third-order valence-electron chi connectivity index (χ3n) is 4.72. The Morgan fingerprint density at radius 3 is 2.84 bits per heavy atom. The number of thiophene rings is 1. The second-order valence-electron chi connectivity index (χ2n) is 6.45. The summed E-state index contributed by atoms with van der Waals surface area (Å²) in [6.45, 7) is 6.74. The van der Waals surface area contributed by atoms with Crippen molar-refractivity contribution < 1.29 is 0 Å². The van der Waals surface area contributed by atoms with Crippen molar-refractivity contribution in [2.24, 2.45) is 5.92 Å². The Morgan fingerprint density at radius 2 is 2.26 bits per heavy atom. The van der Waals surface area contributed by atoms with Gasteiger partial charge in [0.1, 0.15) is 0 Å². The maximum Gasteiger partial charge on any atom is 0.0330 e. The van der Waals surface area contributed by atoms with Crippen LogP contribution in [0.1, 0.15) is 43.0 Å². The van der Waals surface area contributed by atoms with Gasteiger partial charge in [-0.25, -0.2) is 0 Å². The molecule has 1 N–H and O–H groups in total. The molecule has 19 heavy (non-hydrogen) atoms. The molecule has 0 aliphatic heterocycles. The molecule has 2 unspecified atom stereocenters. The second-order valence-corrected chi connectivity index (χ2v) is 7.45. The van der Waals surface area contributed by atoms with E-state index in [1.807, 2.05) is 11.3 Å². The van der Waals surface area contributed by atoms with Crippen LogP contribution in [-0.2, 0) is 6.54 Å². The van der Waals surface area contributed by atoms with Gasteiger partial charge in [0, 0.05) is 23.5 Å². The van der Waals surface area contributed by atoms with Crippen molar-refractivity contribution in [1.29, 1.82) is 0 Å². The van der Waals surface area contributed by atoms with Crippen molar-refractivity contribution in [3.05, 3.63) is 21.9 Å². The highest BCUT2D eigenvalue weighted by Gasteiger charge is 2.36. The number of likely N-dealkylation sites (N-methyl/N-ethyl adjacent to an activating group) is 1. The van der Waals surface area contributed by atoms with Gasteiger partial charge in [0.05, 0.1) is 0 Å². The largest absolute Gasteiger partial charge is 0.310 e. The Kier molecular flexibility index (Phi) is 5.04. The van der Waals surface area contributed by atoms with Gasteiger partial charge in [-0.05, 0) is 56.8 Å². The monoisotopic (exact) mass is 280 g/mol. The fourth-order valence-electron chi connectivity index (χ4n) is 3.35. The van der Waals surface area contributed by atoms with Gasteiger partial charge in [0.15, 0.2) is 0 Å². The number of nitrogens with zero attached hydrogens (tertiary/aromatic N) is 1. The summed E-state index contributed by atoms with van der Waals surface area (Å²) in [6, 6.07) is 2.21. The van der Waals surface area contributed by atoms with Gasteiger partial charge in [-0.1, -0.05) is 19.8 Å². The maximum atomic E-state index is 3.71. The van der Waals surface area contributed by atoms with E-state index in [0.29, 0.717) is 5.54 Å². The number of hydrogen-bond donors (Lipinski definition) is 1. The Morgan fingerprint density at radius 1 is 1.47 bits per heavy atom. The van der Waals surface area contributed by atoms with Crippen molar-refractivity contribution in [2.75, 3.05) is 20.6 Å². The van der Waals surface area contributed by atoms with Crippen molar-refractivity contribution in [3.63, 3.8) is 0 Å². The smallest absolute Gasteiger partial charge is 0.0330 e. The van der Waals surface area contributed by atoms with E-state index in [4.69, 9.17) is 0 Å². The summed E-state index contributed by atoms with van der Waals surface area (Å²) in [5.74, 6) is 0.862. The molecule has 0 spiro atoms. The summed E-state index contributed by atoms with van der Waals surface area (Å²) in [5.41, 5.74) is 1.79. The second kappa shape index (κ2) is 6.38. The molecular weight excluding hydrogens is 252 g/mol.